The molecule has 0 radical (unpaired) electrons. The largest absolute Gasteiger partial charge is 0.370 e. The Hall–Kier alpha value is -0.380. The number of ether oxygens (including phenoxy) is 1. The van der Waals surface area contributed by atoms with Crippen LogP contribution in [-0.4, -0.2) is 18.2 Å². The summed E-state index contributed by atoms with van der Waals surface area (Å²) in [6.45, 7) is 7.25. The summed E-state index contributed by atoms with van der Waals surface area (Å²) in [5.41, 5.74) is 1.30. The van der Waals surface area contributed by atoms with Gasteiger partial charge in [-0.05, 0) is 38.5 Å². The number of hydrogen-bond donors (Lipinski definition) is 1. The van der Waals surface area contributed by atoms with Crippen LogP contribution in [0.2, 0.25) is 0 Å². The quantitative estimate of drug-likeness (QED) is 0.854. The molecule has 0 aromatic heterocycles. The van der Waals surface area contributed by atoms with Crippen molar-refractivity contribution in [3.05, 3.63) is 34.3 Å². The highest BCUT2D eigenvalue weighted by Gasteiger charge is 2.33. The van der Waals surface area contributed by atoms with Gasteiger partial charge in [-0.15, -0.1) is 0 Å². The molecule has 0 aliphatic carbocycles. The average Bonchev–Trinajstić information content (AvgIpc) is 2.15. The van der Waals surface area contributed by atoms with Gasteiger partial charge in [0.25, 0.3) is 0 Å². The number of benzene rings is 1. The SMILES string of the molecule is CC1NC(C)(C)COC1c1cccc(Br)c1. The minimum absolute atomic E-state index is 0.0714. The second kappa shape index (κ2) is 4.47. The van der Waals surface area contributed by atoms with E-state index >= 15 is 0 Å². The van der Waals surface area contributed by atoms with Gasteiger partial charge in [0.05, 0.1) is 12.7 Å². The van der Waals surface area contributed by atoms with Crippen LogP contribution in [0.1, 0.15) is 32.4 Å². The molecule has 1 aromatic rings. The molecule has 1 heterocycles. The standard InChI is InChI=1S/C13H18BrNO/c1-9-12(16-8-13(2,3)15-9)10-5-4-6-11(14)7-10/h4-7,9,12,15H,8H2,1-3H3. The lowest BCUT2D eigenvalue weighted by atomic mass is 9.96. The Labute approximate surface area is 106 Å². The van der Waals surface area contributed by atoms with E-state index in [2.05, 4.69) is 60.2 Å². The smallest absolute Gasteiger partial charge is 0.0976 e. The molecule has 1 N–H and O–H groups in total. The van der Waals surface area contributed by atoms with Crippen LogP contribution in [0, 0.1) is 0 Å². The molecule has 0 saturated carbocycles. The summed E-state index contributed by atoms with van der Waals surface area (Å²) in [4.78, 5) is 0. The molecule has 16 heavy (non-hydrogen) atoms. The Morgan fingerprint density at radius 3 is 2.81 bits per heavy atom. The maximum atomic E-state index is 5.96. The number of rotatable bonds is 1. The molecule has 2 nitrogen and oxygen atoms in total. The fraction of sp³-hybridized carbons (Fsp3) is 0.538. The van der Waals surface area contributed by atoms with Crippen molar-refractivity contribution >= 4 is 15.9 Å². The molecule has 0 spiro atoms. The van der Waals surface area contributed by atoms with Gasteiger partial charge in [0.2, 0.25) is 0 Å². The van der Waals surface area contributed by atoms with Gasteiger partial charge in [-0.3, -0.25) is 0 Å². The molecule has 1 aliphatic rings. The molecule has 1 saturated heterocycles. The van der Waals surface area contributed by atoms with E-state index in [9.17, 15) is 0 Å². The third-order valence-electron chi connectivity index (χ3n) is 2.87. The summed E-state index contributed by atoms with van der Waals surface area (Å²) < 4.78 is 7.07. The molecule has 0 amide bonds. The van der Waals surface area contributed by atoms with Crippen molar-refractivity contribution in [3.63, 3.8) is 0 Å². The first-order valence-corrected chi connectivity index (χ1v) is 6.42. The van der Waals surface area contributed by atoms with E-state index in [1.165, 1.54) is 5.56 Å². The minimum Gasteiger partial charge on any atom is -0.370 e. The van der Waals surface area contributed by atoms with Crippen molar-refractivity contribution in [1.82, 2.24) is 5.32 Å². The molecule has 2 rings (SSSR count). The Morgan fingerprint density at radius 2 is 2.19 bits per heavy atom. The van der Waals surface area contributed by atoms with Crippen LogP contribution in [0.25, 0.3) is 0 Å². The molecule has 88 valence electrons. The fourth-order valence-electron chi connectivity index (χ4n) is 2.24. The third kappa shape index (κ3) is 2.65. The summed E-state index contributed by atoms with van der Waals surface area (Å²) in [5, 5.41) is 3.58. The van der Waals surface area contributed by atoms with Crippen molar-refractivity contribution in [2.45, 2.75) is 38.5 Å². The highest BCUT2D eigenvalue weighted by Crippen LogP contribution is 2.29. The second-order valence-corrected chi connectivity index (χ2v) is 6.02. The van der Waals surface area contributed by atoms with E-state index in [-0.39, 0.29) is 11.6 Å². The highest BCUT2D eigenvalue weighted by molar-refractivity contribution is 9.10. The van der Waals surface area contributed by atoms with Gasteiger partial charge in [0.1, 0.15) is 0 Å². The minimum atomic E-state index is 0.0714. The molecule has 2 unspecified atom stereocenters. The zero-order valence-electron chi connectivity index (χ0n) is 9.96. The van der Waals surface area contributed by atoms with Gasteiger partial charge in [0.15, 0.2) is 0 Å². The Kier molecular flexibility index (Phi) is 3.38. The first kappa shape index (κ1) is 12.1. The summed E-state index contributed by atoms with van der Waals surface area (Å²) >= 11 is 3.50. The van der Waals surface area contributed by atoms with Crippen molar-refractivity contribution in [3.8, 4) is 0 Å². The average molecular weight is 284 g/mol. The fourth-order valence-corrected chi connectivity index (χ4v) is 2.66. The predicted octanol–water partition coefficient (Wildman–Crippen LogP) is 3.28. The Balaban J connectivity index is 2.17. The normalized spacial score (nSPS) is 29.0. The maximum Gasteiger partial charge on any atom is 0.0976 e. The zero-order chi connectivity index (χ0) is 11.8. The number of nitrogens with one attached hydrogen (secondary N) is 1. The van der Waals surface area contributed by atoms with Crippen molar-refractivity contribution < 1.29 is 4.74 Å². The van der Waals surface area contributed by atoms with E-state index < -0.39 is 0 Å². The highest BCUT2D eigenvalue weighted by atomic mass is 79.9. The van der Waals surface area contributed by atoms with E-state index in [1.807, 2.05) is 6.07 Å². The van der Waals surface area contributed by atoms with Crippen LogP contribution < -0.4 is 5.32 Å². The van der Waals surface area contributed by atoms with Gasteiger partial charge in [-0.25, -0.2) is 0 Å². The number of morpholine rings is 1. The van der Waals surface area contributed by atoms with E-state index in [4.69, 9.17) is 4.74 Å². The van der Waals surface area contributed by atoms with Crippen molar-refractivity contribution in [2.24, 2.45) is 0 Å². The maximum absolute atomic E-state index is 5.96. The first-order valence-electron chi connectivity index (χ1n) is 5.63. The van der Waals surface area contributed by atoms with Crippen LogP contribution >= 0.6 is 15.9 Å². The molecular formula is C13H18BrNO. The van der Waals surface area contributed by atoms with E-state index in [0.717, 1.165) is 11.1 Å². The molecule has 2 atom stereocenters. The lowest BCUT2D eigenvalue weighted by Crippen LogP contribution is -2.55. The van der Waals surface area contributed by atoms with Crippen LogP contribution in [0.15, 0.2) is 28.7 Å². The van der Waals surface area contributed by atoms with Gasteiger partial charge < -0.3 is 10.1 Å². The van der Waals surface area contributed by atoms with Crippen molar-refractivity contribution in [2.75, 3.05) is 6.61 Å². The van der Waals surface area contributed by atoms with Gasteiger partial charge >= 0.3 is 0 Å². The van der Waals surface area contributed by atoms with Crippen LogP contribution in [0.3, 0.4) is 0 Å². The summed E-state index contributed by atoms with van der Waals surface area (Å²) in [6.07, 6.45) is 0.144. The topological polar surface area (TPSA) is 21.3 Å². The van der Waals surface area contributed by atoms with Crippen LogP contribution in [-0.2, 0) is 4.74 Å². The zero-order valence-corrected chi connectivity index (χ0v) is 11.5. The van der Waals surface area contributed by atoms with Gasteiger partial charge in [-0.1, -0.05) is 28.1 Å². The first-order chi connectivity index (χ1) is 7.48. The monoisotopic (exact) mass is 283 g/mol. The van der Waals surface area contributed by atoms with E-state index in [1.54, 1.807) is 0 Å². The summed E-state index contributed by atoms with van der Waals surface area (Å²) in [5.74, 6) is 0. The molecule has 1 fully saturated rings. The lowest BCUT2D eigenvalue weighted by molar-refractivity contribution is -0.0495. The number of halogens is 1. The van der Waals surface area contributed by atoms with Gasteiger partial charge in [-0.2, -0.15) is 0 Å². The van der Waals surface area contributed by atoms with Crippen molar-refractivity contribution in [1.29, 1.82) is 0 Å². The molecule has 1 aromatic carbocycles. The second-order valence-electron chi connectivity index (χ2n) is 5.10. The molecule has 0 bridgehead atoms. The van der Waals surface area contributed by atoms with Gasteiger partial charge in [0, 0.05) is 16.1 Å². The third-order valence-corrected chi connectivity index (χ3v) is 3.37. The summed E-state index contributed by atoms with van der Waals surface area (Å²) in [6, 6.07) is 8.66. The van der Waals surface area contributed by atoms with Crippen LogP contribution in [0.5, 0.6) is 0 Å². The summed E-state index contributed by atoms with van der Waals surface area (Å²) in [7, 11) is 0. The molecule has 3 heteroatoms. The van der Waals surface area contributed by atoms with E-state index in [0.29, 0.717) is 6.04 Å². The Morgan fingerprint density at radius 1 is 1.44 bits per heavy atom. The molecular weight excluding hydrogens is 266 g/mol. The lowest BCUT2D eigenvalue weighted by Gasteiger charge is -2.41. The molecule has 1 aliphatic heterocycles. The van der Waals surface area contributed by atoms with Crippen LogP contribution in [0.4, 0.5) is 0 Å². The number of hydrogen-bond acceptors (Lipinski definition) is 2. The Bertz CT molecular complexity index is 378. The predicted molar refractivity (Wildman–Crippen MR) is 69.5 cm³/mol.